The highest BCUT2D eigenvalue weighted by Crippen LogP contribution is 2.45. The van der Waals surface area contributed by atoms with Crippen molar-refractivity contribution in [2.24, 2.45) is 0 Å². The van der Waals surface area contributed by atoms with Crippen molar-refractivity contribution in [3.63, 3.8) is 0 Å². The third kappa shape index (κ3) is 2.86. The minimum atomic E-state index is -5.02. The van der Waals surface area contributed by atoms with E-state index in [1.54, 1.807) is 0 Å². The smallest absolute Gasteiger partial charge is 0.417 e. The molecule has 9 heteroatoms. The second-order valence-electron chi connectivity index (χ2n) is 3.52. The largest absolute Gasteiger partial charge is 0.420 e. The first-order valence-electron chi connectivity index (χ1n) is 4.96. The molecule has 0 aliphatic rings. The van der Waals surface area contributed by atoms with Gasteiger partial charge in [0.15, 0.2) is 5.75 Å². The lowest BCUT2D eigenvalue weighted by Gasteiger charge is -2.17. The van der Waals surface area contributed by atoms with Gasteiger partial charge in [0.25, 0.3) is 0 Å². The van der Waals surface area contributed by atoms with Crippen LogP contribution in [0.25, 0.3) is 0 Å². The van der Waals surface area contributed by atoms with Gasteiger partial charge in [-0.3, -0.25) is 0 Å². The Kier molecular flexibility index (Phi) is 3.36. The van der Waals surface area contributed by atoms with E-state index in [0.29, 0.717) is 18.2 Å². The zero-order valence-electron chi connectivity index (χ0n) is 9.34. The van der Waals surface area contributed by atoms with Gasteiger partial charge < -0.3 is 9.15 Å². The topological polar surface area (TPSA) is 35.3 Å². The van der Waals surface area contributed by atoms with Crippen LogP contribution in [0.1, 0.15) is 11.1 Å². The van der Waals surface area contributed by atoms with E-state index in [1.165, 1.54) is 0 Å². The number of ether oxygens (including phenoxy) is 1. The molecule has 0 amide bonds. The number of aromatic nitrogens is 1. The predicted molar refractivity (Wildman–Crippen MR) is 51.9 cm³/mol. The molecule has 0 unspecified atom stereocenters. The van der Waals surface area contributed by atoms with E-state index >= 15 is 0 Å². The van der Waals surface area contributed by atoms with Crippen LogP contribution in [0.4, 0.5) is 26.3 Å². The van der Waals surface area contributed by atoms with Crippen LogP contribution in [0, 0.1) is 6.20 Å². The number of alkyl halides is 6. The van der Waals surface area contributed by atoms with Crippen molar-refractivity contribution in [2.45, 2.75) is 12.4 Å². The van der Waals surface area contributed by atoms with Crippen molar-refractivity contribution >= 4 is 0 Å². The van der Waals surface area contributed by atoms with Gasteiger partial charge >= 0.3 is 18.4 Å². The van der Waals surface area contributed by atoms with Crippen LogP contribution in [-0.2, 0) is 12.4 Å². The molecular weight excluding hydrogens is 292 g/mol. The van der Waals surface area contributed by atoms with Crippen molar-refractivity contribution in [1.82, 2.24) is 4.98 Å². The van der Waals surface area contributed by atoms with E-state index in [-0.39, 0.29) is 0 Å². The SMILES string of the molecule is FC(F)(F)c1cccc(C(F)(F)F)c1Oc1n[c]co1. The summed E-state index contributed by atoms with van der Waals surface area (Å²) >= 11 is 0. The van der Waals surface area contributed by atoms with Gasteiger partial charge in [0.1, 0.15) is 12.5 Å². The Morgan fingerprint density at radius 3 is 1.95 bits per heavy atom. The van der Waals surface area contributed by atoms with Gasteiger partial charge in [0, 0.05) is 0 Å². The first kappa shape index (κ1) is 14.2. The molecule has 1 radical (unpaired) electrons. The normalized spacial score (nSPS) is 12.5. The average molecular weight is 296 g/mol. The van der Waals surface area contributed by atoms with Crippen LogP contribution in [0.3, 0.4) is 0 Å². The number of benzene rings is 1. The summed E-state index contributed by atoms with van der Waals surface area (Å²) in [6.07, 6.45) is -7.92. The molecule has 0 atom stereocenters. The zero-order chi connectivity index (χ0) is 15.0. The van der Waals surface area contributed by atoms with Crippen LogP contribution >= 0.6 is 0 Å². The van der Waals surface area contributed by atoms with Crippen LogP contribution in [0.2, 0.25) is 0 Å². The van der Waals surface area contributed by atoms with Gasteiger partial charge in [-0.1, -0.05) is 6.07 Å². The van der Waals surface area contributed by atoms with Crippen LogP contribution in [-0.4, -0.2) is 4.98 Å². The minimum Gasteiger partial charge on any atom is -0.417 e. The van der Waals surface area contributed by atoms with E-state index < -0.39 is 35.3 Å². The summed E-state index contributed by atoms with van der Waals surface area (Å²) < 4.78 is 85.4. The first-order chi connectivity index (χ1) is 9.19. The molecule has 107 valence electrons. The van der Waals surface area contributed by atoms with E-state index in [0.717, 1.165) is 6.26 Å². The second-order valence-corrected chi connectivity index (χ2v) is 3.52. The molecule has 1 aromatic carbocycles. The molecule has 0 aliphatic carbocycles. The lowest BCUT2D eigenvalue weighted by Crippen LogP contribution is -2.13. The number of rotatable bonds is 2. The molecule has 1 heterocycles. The lowest BCUT2D eigenvalue weighted by atomic mass is 10.1. The molecule has 0 fully saturated rings. The Bertz CT molecular complexity index is 556. The Hall–Kier alpha value is -2.19. The number of para-hydroxylation sites is 1. The van der Waals surface area contributed by atoms with E-state index in [4.69, 9.17) is 0 Å². The fourth-order valence-corrected chi connectivity index (χ4v) is 1.41. The molecule has 0 saturated heterocycles. The standard InChI is InChI=1S/C11H4F6NO2/c12-10(13,14)6-2-1-3-7(11(15,16)17)8(6)20-9-18-4-5-19-9/h1-3,5H. The molecule has 0 aliphatic heterocycles. The van der Waals surface area contributed by atoms with Crippen molar-refractivity contribution in [3.8, 4) is 11.8 Å². The molecule has 0 spiro atoms. The third-order valence-electron chi connectivity index (χ3n) is 2.18. The molecular formula is C11H4F6NO2. The number of hydrogen-bond acceptors (Lipinski definition) is 3. The summed E-state index contributed by atoms with van der Waals surface area (Å²) in [6.45, 7) is 0. The van der Waals surface area contributed by atoms with Gasteiger partial charge in [0.2, 0.25) is 0 Å². The van der Waals surface area contributed by atoms with Gasteiger partial charge in [-0.05, 0) is 12.1 Å². The van der Waals surface area contributed by atoms with E-state index in [2.05, 4.69) is 20.3 Å². The summed E-state index contributed by atoms with van der Waals surface area (Å²) in [5, 5.41) is 0. The van der Waals surface area contributed by atoms with Crippen LogP contribution < -0.4 is 4.74 Å². The zero-order valence-corrected chi connectivity index (χ0v) is 9.34. The van der Waals surface area contributed by atoms with Gasteiger partial charge in [-0.15, -0.1) is 0 Å². The Balaban J connectivity index is 2.59. The third-order valence-corrected chi connectivity index (χ3v) is 2.18. The molecule has 2 aromatic rings. The maximum absolute atomic E-state index is 12.7. The number of hydrogen-bond donors (Lipinski definition) is 0. The van der Waals surface area contributed by atoms with Gasteiger partial charge in [-0.25, -0.2) is 0 Å². The van der Waals surface area contributed by atoms with Crippen molar-refractivity contribution in [1.29, 1.82) is 0 Å². The van der Waals surface area contributed by atoms with Gasteiger partial charge in [0.05, 0.1) is 11.1 Å². The van der Waals surface area contributed by atoms with Crippen molar-refractivity contribution in [2.75, 3.05) is 0 Å². The molecule has 0 bridgehead atoms. The fourth-order valence-electron chi connectivity index (χ4n) is 1.41. The number of nitrogens with zero attached hydrogens (tertiary/aromatic N) is 1. The summed E-state index contributed by atoms with van der Waals surface area (Å²) in [7, 11) is 0. The molecule has 20 heavy (non-hydrogen) atoms. The average Bonchev–Trinajstić information content (AvgIpc) is 2.79. The second kappa shape index (κ2) is 4.73. The quantitative estimate of drug-likeness (QED) is 0.775. The Morgan fingerprint density at radius 2 is 1.55 bits per heavy atom. The maximum Gasteiger partial charge on any atom is 0.420 e. The highest BCUT2D eigenvalue weighted by atomic mass is 19.4. The van der Waals surface area contributed by atoms with Crippen molar-refractivity contribution in [3.05, 3.63) is 41.8 Å². The van der Waals surface area contributed by atoms with Crippen LogP contribution in [0.15, 0.2) is 28.9 Å². The van der Waals surface area contributed by atoms with E-state index in [1.807, 2.05) is 0 Å². The maximum atomic E-state index is 12.7. The highest BCUT2D eigenvalue weighted by Gasteiger charge is 2.42. The molecule has 0 saturated carbocycles. The predicted octanol–water partition coefficient (Wildman–Crippen LogP) is 4.30. The Morgan fingerprint density at radius 1 is 1.00 bits per heavy atom. The first-order valence-corrected chi connectivity index (χ1v) is 4.96. The summed E-state index contributed by atoms with van der Waals surface area (Å²) in [4.78, 5) is 3.21. The summed E-state index contributed by atoms with van der Waals surface area (Å²) in [5.41, 5.74) is -3.16. The number of oxazole rings is 1. The van der Waals surface area contributed by atoms with Crippen molar-refractivity contribution < 1.29 is 35.5 Å². The van der Waals surface area contributed by atoms with Crippen LogP contribution in [0.5, 0.6) is 11.8 Å². The summed E-state index contributed by atoms with van der Waals surface area (Å²) in [6, 6.07) is 1.58. The van der Waals surface area contributed by atoms with E-state index in [9.17, 15) is 26.3 Å². The molecule has 1 aromatic heterocycles. The highest BCUT2D eigenvalue weighted by molar-refractivity contribution is 5.45. The molecule has 2 rings (SSSR count). The lowest BCUT2D eigenvalue weighted by molar-refractivity contribution is -0.145. The summed E-state index contributed by atoms with van der Waals surface area (Å²) in [5.74, 6) is -1.41. The fraction of sp³-hybridized carbons (Fsp3) is 0.182. The number of halogens is 6. The minimum absolute atomic E-state index is 0.469. The monoisotopic (exact) mass is 296 g/mol. The van der Waals surface area contributed by atoms with Gasteiger partial charge in [-0.2, -0.15) is 31.3 Å². The molecule has 3 nitrogen and oxygen atoms in total. The Labute approximate surface area is 107 Å². The molecule has 0 N–H and O–H groups in total.